The Balaban J connectivity index is 2.54. The quantitative estimate of drug-likeness (QED) is 0.746. The highest BCUT2D eigenvalue weighted by atomic mass is 19.1. The lowest BCUT2D eigenvalue weighted by atomic mass is 10.1. The van der Waals surface area contributed by atoms with Gasteiger partial charge in [-0.2, -0.15) is 0 Å². The molecule has 0 saturated heterocycles. The average molecular weight is 249 g/mol. The van der Waals surface area contributed by atoms with Crippen LogP contribution in [0.25, 0.3) is 10.8 Å². The lowest BCUT2D eigenvalue weighted by Crippen LogP contribution is -2.26. The fourth-order valence-corrected chi connectivity index (χ4v) is 1.69. The van der Waals surface area contributed by atoms with E-state index in [0.717, 1.165) is 6.07 Å². The molecule has 1 aromatic heterocycles. The number of nitrogens with two attached hydrogens (primary N) is 1. The minimum absolute atomic E-state index is 0.109. The molecule has 4 N–H and O–H groups in total. The number of carbonyl (C=O) groups is 1. The first kappa shape index (κ1) is 12.3. The van der Waals surface area contributed by atoms with Crippen molar-refractivity contribution < 1.29 is 14.3 Å². The summed E-state index contributed by atoms with van der Waals surface area (Å²) in [7, 11) is 0. The maximum absolute atomic E-state index is 13.4. The van der Waals surface area contributed by atoms with Gasteiger partial charge in [-0.15, -0.1) is 0 Å². The molecule has 0 aliphatic carbocycles. The van der Waals surface area contributed by atoms with E-state index in [9.17, 15) is 9.18 Å². The molecule has 0 bridgehead atoms. The predicted molar refractivity (Wildman–Crippen MR) is 65.5 cm³/mol. The Hall–Kier alpha value is -2.21. The van der Waals surface area contributed by atoms with E-state index in [0.29, 0.717) is 10.8 Å². The van der Waals surface area contributed by atoms with Crippen molar-refractivity contribution in [3.8, 4) is 0 Å². The number of anilines is 1. The van der Waals surface area contributed by atoms with Crippen molar-refractivity contribution in [2.24, 2.45) is 0 Å². The predicted octanol–water partition coefficient (Wildman–Crippen LogP) is 0.678. The Labute approximate surface area is 102 Å². The molecule has 1 heterocycles. The maximum Gasteiger partial charge on any atom is 0.252 e. The van der Waals surface area contributed by atoms with Gasteiger partial charge in [-0.25, -0.2) is 9.37 Å². The zero-order valence-corrected chi connectivity index (χ0v) is 9.48. The molecule has 0 spiro atoms. The van der Waals surface area contributed by atoms with Crippen LogP contribution in [0.15, 0.2) is 24.4 Å². The van der Waals surface area contributed by atoms with E-state index in [1.165, 1.54) is 18.3 Å². The van der Waals surface area contributed by atoms with Crippen LogP contribution in [-0.4, -0.2) is 29.1 Å². The van der Waals surface area contributed by atoms with Gasteiger partial charge in [0.15, 0.2) is 0 Å². The molecule has 6 heteroatoms. The number of nitrogens with one attached hydrogen (secondary N) is 1. The van der Waals surface area contributed by atoms with Gasteiger partial charge >= 0.3 is 0 Å². The van der Waals surface area contributed by atoms with Crippen LogP contribution in [0.1, 0.15) is 10.4 Å². The molecule has 18 heavy (non-hydrogen) atoms. The normalized spacial score (nSPS) is 10.6. The van der Waals surface area contributed by atoms with E-state index in [4.69, 9.17) is 10.8 Å². The van der Waals surface area contributed by atoms with Crippen LogP contribution < -0.4 is 11.1 Å². The highest BCUT2D eigenvalue weighted by Crippen LogP contribution is 2.21. The van der Waals surface area contributed by atoms with Gasteiger partial charge in [0.2, 0.25) is 0 Å². The highest BCUT2D eigenvalue weighted by molar-refractivity contribution is 6.07. The van der Waals surface area contributed by atoms with Gasteiger partial charge in [0, 0.05) is 18.1 Å². The standard InChI is InChI=1S/C12H12FN3O2/c13-8-3-7-6-16-11(14)5-9(7)10(4-8)12(18)15-1-2-17/h3-6,17H,1-2H2,(H2,14,16)(H,15,18). The van der Waals surface area contributed by atoms with Crippen molar-refractivity contribution in [2.45, 2.75) is 0 Å². The summed E-state index contributed by atoms with van der Waals surface area (Å²) in [5.41, 5.74) is 5.73. The third-order valence-electron chi connectivity index (χ3n) is 2.46. The van der Waals surface area contributed by atoms with Gasteiger partial charge in [0.05, 0.1) is 12.2 Å². The van der Waals surface area contributed by atoms with Crippen LogP contribution >= 0.6 is 0 Å². The van der Waals surface area contributed by atoms with Crippen LogP contribution in [0.5, 0.6) is 0 Å². The number of hydrogen-bond acceptors (Lipinski definition) is 4. The summed E-state index contributed by atoms with van der Waals surface area (Å²) in [4.78, 5) is 15.7. The van der Waals surface area contributed by atoms with Crippen molar-refractivity contribution >= 4 is 22.5 Å². The molecule has 0 aliphatic rings. The molecule has 0 aliphatic heterocycles. The summed E-state index contributed by atoms with van der Waals surface area (Å²) in [6.45, 7) is -0.0694. The van der Waals surface area contributed by atoms with Gasteiger partial charge in [0.1, 0.15) is 11.6 Å². The molecule has 94 valence electrons. The van der Waals surface area contributed by atoms with Crippen LogP contribution in [-0.2, 0) is 0 Å². The molecular weight excluding hydrogens is 237 g/mol. The van der Waals surface area contributed by atoms with E-state index in [1.807, 2.05) is 0 Å². The van der Waals surface area contributed by atoms with Gasteiger partial charge in [0.25, 0.3) is 5.91 Å². The molecule has 0 radical (unpaired) electrons. The number of nitrogens with zero attached hydrogens (tertiary/aromatic N) is 1. The topological polar surface area (TPSA) is 88.2 Å². The minimum Gasteiger partial charge on any atom is -0.395 e. The lowest BCUT2D eigenvalue weighted by Gasteiger charge is -2.08. The molecular formula is C12H12FN3O2. The number of carbonyl (C=O) groups excluding carboxylic acids is 1. The van der Waals surface area contributed by atoms with Gasteiger partial charge in [-0.1, -0.05) is 0 Å². The fourth-order valence-electron chi connectivity index (χ4n) is 1.69. The number of benzene rings is 1. The number of halogens is 1. The summed E-state index contributed by atoms with van der Waals surface area (Å²) in [5.74, 6) is -0.729. The Morgan fingerprint density at radius 1 is 1.44 bits per heavy atom. The number of rotatable bonds is 3. The minimum atomic E-state index is -0.525. The van der Waals surface area contributed by atoms with Crippen molar-refractivity contribution in [1.29, 1.82) is 0 Å². The van der Waals surface area contributed by atoms with Gasteiger partial charge < -0.3 is 16.2 Å². The molecule has 0 saturated carbocycles. The maximum atomic E-state index is 13.4. The first-order valence-corrected chi connectivity index (χ1v) is 5.35. The lowest BCUT2D eigenvalue weighted by molar-refractivity contribution is 0.0946. The molecule has 1 amide bonds. The second-order valence-corrected chi connectivity index (χ2v) is 3.76. The van der Waals surface area contributed by atoms with E-state index in [2.05, 4.69) is 10.3 Å². The number of amides is 1. The van der Waals surface area contributed by atoms with Crippen LogP contribution in [0, 0.1) is 5.82 Å². The van der Waals surface area contributed by atoms with Crippen molar-refractivity contribution in [1.82, 2.24) is 10.3 Å². The van der Waals surface area contributed by atoms with Gasteiger partial charge in [-0.3, -0.25) is 4.79 Å². The second kappa shape index (κ2) is 4.97. The number of hydrogen-bond donors (Lipinski definition) is 3. The first-order chi connectivity index (χ1) is 8.61. The molecule has 2 rings (SSSR count). The Morgan fingerprint density at radius 2 is 2.22 bits per heavy atom. The third-order valence-corrected chi connectivity index (χ3v) is 2.46. The number of pyridine rings is 1. The average Bonchev–Trinajstić information content (AvgIpc) is 2.35. The third kappa shape index (κ3) is 2.38. The summed E-state index contributed by atoms with van der Waals surface area (Å²) >= 11 is 0. The molecule has 0 unspecified atom stereocenters. The second-order valence-electron chi connectivity index (χ2n) is 3.76. The molecule has 0 atom stereocenters. The van der Waals surface area contributed by atoms with E-state index in [1.54, 1.807) is 0 Å². The van der Waals surface area contributed by atoms with E-state index < -0.39 is 11.7 Å². The zero-order chi connectivity index (χ0) is 13.1. The van der Waals surface area contributed by atoms with Crippen molar-refractivity contribution in [2.75, 3.05) is 18.9 Å². The largest absolute Gasteiger partial charge is 0.395 e. The summed E-state index contributed by atoms with van der Waals surface area (Å²) in [6.07, 6.45) is 1.41. The summed E-state index contributed by atoms with van der Waals surface area (Å²) in [6, 6.07) is 3.93. The smallest absolute Gasteiger partial charge is 0.252 e. The highest BCUT2D eigenvalue weighted by Gasteiger charge is 2.12. The fraction of sp³-hybridized carbons (Fsp3) is 0.167. The number of aromatic nitrogens is 1. The number of aliphatic hydroxyl groups excluding tert-OH is 1. The molecule has 1 aromatic carbocycles. The molecule has 5 nitrogen and oxygen atoms in total. The van der Waals surface area contributed by atoms with Crippen LogP contribution in [0.2, 0.25) is 0 Å². The monoisotopic (exact) mass is 249 g/mol. The van der Waals surface area contributed by atoms with E-state index in [-0.39, 0.29) is 24.5 Å². The van der Waals surface area contributed by atoms with E-state index >= 15 is 0 Å². The number of nitrogen functional groups attached to an aromatic ring is 1. The Morgan fingerprint density at radius 3 is 2.94 bits per heavy atom. The molecule has 2 aromatic rings. The van der Waals surface area contributed by atoms with Crippen molar-refractivity contribution in [3.63, 3.8) is 0 Å². The first-order valence-electron chi connectivity index (χ1n) is 5.35. The van der Waals surface area contributed by atoms with Crippen molar-refractivity contribution in [3.05, 3.63) is 35.8 Å². The Kier molecular flexibility index (Phi) is 3.38. The summed E-state index contributed by atoms with van der Waals surface area (Å²) < 4.78 is 13.4. The Bertz CT molecular complexity index is 601. The number of aliphatic hydroxyl groups is 1. The van der Waals surface area contributed by atoms with Crippen LogP contribution in [0.4, 0.5) is 10.2 Å². The SMILES string of the molecule is Nc1cc2c(C(=O)NCCO)cc(F)cc2cn1. The zero-order valence-electron chi connectivity index (χ0n) is 9.48. The van der Waals surface area contributed by atoms with Gasteiger partial charge in [-0.05, 0) is 23.6 Å². The van der Waals surface area contributed by atoms with Crippen LogP contribution in [0.3, 0.4) is 0 Å². The summed E-state index contributed by atoms with van der Waals surface area (Å²) in [5, 5.41) is 12.2. The number of fused-ring (bicyclic) bond motifs is 1. The molecule has 0 fully saturated rings.